The summed E-state index contributed by atoms with van der Waals surface area (Å²) >= 11 is 5.69. The SMILES string of the molecule is O=C(Nc1ccnc(Cl)c1)C1CCC(F)(F)CC1. The predicted octanol–water partition coefficient (Wildman–Crippen LogP) is 3.50. The van der Waals surface area contributed by atoms with Crippen molar-refractivity contribution in [1.29, 1.82) is 0 Å². The van der Waals surface area contributed by atoms with Crippen LogP contribution in [0.2, 0.25) is 5.15 Å². The second kappa shape index (κ2) is 5.18. The molecule has 0 atom stereocenters. The molecule has 1 aliphatic carbocycles. The van der Waals surface area contributed by atoms with Crippen molar-refractivity contribution in [3.05, 3.63) is 23.5 Å². The van der Waals surface area contributed by atoms with Crippen LogP contribution in [-0.4, -0.2) is 16.8 Å². The lowest BCUT2D eigenvalue weighted by molar-refractivity contribution is -0.124. The van der Waals surface area contributed by atoms with Crippen molar-refractivity contribution in [1.82, 2.24) is 4.98 Å². The number of nitrogens with zero attached hydrogens (tertiary/aromatic N) is 1. The number of hydrogen-bond acceptors (Lipinski definition) is 2. The highest BCUT2D eigenvalue weighted by atomic mass is 35.5. The molecule has 1 amide bonds. The Hall–Kier alpha value is -1.23. The molecule has 1 aliphatic rings. The van der Waals surface area contributed by atoms with Crippen LogP contribution in [0.4, 0.5) is 14.5 Å². The number of hydrogen-bond donors (Lipinski definition) is 1. The second-order valence-electron chi connectivity index (χ2n) is 4.49. The average Bonchev–Trinajstić information content (AvgIpc) is 2.28. The minimum atomic E-state index is -2.61. The molecule has 6 heteroatoms. The topological polar surface area (TPSA) is 42.0 Å². The number of carbonyl (C=O) groups is 1. The maximum absolute atomic E-state index is 13.0. The van der Waals surface area contributed by atoms with E-state index < -0.39 is 5.92 Å². The Morgan fingerprint density at radius 2 is 2.11 bits per heavy atom. The highest BCUT2D eigenvalue weighted by Gasteiger charge is 2.37. The van der Waals surface area contributed by atoms with Crippen LogP contribution < -0.4 is 5.32 Å². The number of rotatable bonds is 2. The molecule has 1 fully saturated rings. The molecular formula is C12H13ClF2N2O. The standard InChI is InChI=1S/C12H13ClF2N2O/c13-10-7-9(3-6-16-10)17-11(18)8-1-4-12(14,15)5-2-8/h3,6-8H,1-2,4-5H2,(H,16,17,18). The van der Waals surface area contributed by atoms with Gasteiger partial charge in [-0.05, 0) is 25.0 Å². The molecule has 3 nitrogen and oxygen atoms in total. The van der Waals surface area contributed by atoms with E-state index in [4.69, 9.17) is 11.6 Å². The molecule has 0 radical (unpaired) electrons. The molecule has 0 aromatic carbocycles. The summed E-state index contributed by atoms with van der Waals surface area (Å²) in [7, 11) is 0. The third-order valence-corrected chi connectivity index (χ3v) is 3.29. The van der Waals surface area contributed by atoms with E-state index in [1.165, 1.54) is 12.3 Å². The minimum absolute atomic E-state index is 0.220. The second-order valence-corrected chi connectivity index (χ2v) is 4.87. The number of carbonyl (C=O) groups excluding carboxylic acids is 1. The van der Waals surface area contributed by atoms with Crippen LogP contribution in [0.5, 0.6) is 0 Å². The fraction of sp³-hybridized carbons (Fsp3) is 0.500. The number of alkyl halides is 2. The number of aromatic nitrogens is 1. The summed E-state index contributed by atoms with van der Waals surface area (Å²) in [6.45, 7) is 0. The maximum Gasteiger partial charge on any atom is 0.248 e. The Labute approximate surface area is 109 Å². The Morgan fingerprint density at radius 1 is 1.44 bits per heavy atom. The Kier molecular flexibility index (Phi) is 3.80. The van der Waals surface area contributed by atoms with E-state index in [1.807, 2.05) is 0 Å². The van der Waals surface area contributed by atoms with Gasteiger partial charge in [-0.3, -0.25) is 4.79 Å². The molecule has 1 aromatic rings. The van der Waals surface area contributed by atoms with Crippen molar-refractivity contribution >= 4 is 23.2 Å². The number of nitrogens with one attached hydrogen (secondary N) is 1. The zero-order valence-electron chi connectivity index (χ0n) is 9.63. The van der Waals surface area contributed by atoms with Crippen LogP contribution >= 0.6 is 11.6 Å². The van der Waals surface area contributed by atoms with Crippen molar-refractivity contribution in [3.8, 4) is 0 Å². The molecule has 1 aromatic heterocycles. The lowest BCUT2D eigenvalue weighted by Crippen LogP contribution is -2.31. The van der Waals surface area contributed by atoms with Crippen LogP contribution in [0.1, 0.15) is 25.7 Å². The zero-order valence-corrected chi connectivity index (χ0v) is 10.4. The molecule has 1 N–H and O–H groups in total. The Bertz CT molecular complexity index is 443. The van der Waals surface area contributed by atoms with Crippen molar-refractivity contribution in [2.24, 2.45) is 5.92 Å². The minimum Gasteiger partial charge on any atom is -0.326 e. The highest BCUT2D eigenvalue weighted by molar-refractivity contribution is 6.29. The number of halogens is 3. The van der Waals surface area contributed by atoms with Gasteiger partial charge in [-0.2, -0.15) is 0 Å². The van der Waals surface area contributed by atoms with Gasteiger partial charge >= 0.3 is 0 Å². The van der Waals surface area contributed by atoms with Gasteiger partial charge in [-0.25, -0.2) is 13.8 Å². The zero-order chi connectivity index (χ0) is 13.2. The van der Waals surface area contributed by atoms with Gasteiger partial charge in [0.15, 0.2) is 0 Å². The summed E-state index contributed by atoms with van der Waals surface area (Å²) in [6, 6.07) is 3.14. The molecule has 1 saturated carbocycles. The number of anilines is 1. The fourth-order valence-electron chi connectivity index (χ4n) is 2.03. The third kappa shape index (κ3) is 3.38. The lowest BCUT2D eigenvalue weighted by Gasteiger charge is -2.27. The summed E-state index contributed by atoms with van der Waals surface area (Å²) in [5.74, 6) is -3.19. The summed E-state index contributed by atoms with van der Waals surface area (Å²) in [5, 5.41) is 2.95. The van der Waals surface area contributed by atoms with Crippen LogP contribution in [0.15, 0.2) is 18.3 Å². The van der Waals surface area contributed by atoms with Gasteiger partial charge in [0, 0.05) is 30.6 Å². The van der Waals surface area contributed by atoms with Crippen molar-refractivity contribution in [2.75, 3.05) is 5.32 Å². The first-order valence-electron chi connectivity index (χ1n) is 5.76. The maximum atomic E-state index is 13.0. The highest BCUT2D eigenvalue weighted by Crippen LogP contribution is 2.36. The summed E-state index contributed by atoms with van der Waals surface area (Å²) in [4.78, 5) is 15.7. The van der Waals surface area contributed by atoms with E-state index in [0.717, 1.165) is 0 Å². The smallest absolute Gasteiger partial charge is 0.248 e. The molecule has 0 spiro atoms. The van der Waals surface area contributed by atoms with E-state index in [0.29, 0.717) is 5.69 Å². The van der Waals surface area contributed by atoms with E-state index in [1.54, 1.807) is 6.07 Å². The third-order valence-electron chi connectivity index (χ3n) is 3.08. The van der Waals surface area contributed by atoms with E-state index >= 15 is 0 Å². The first-order chi connectivity index (χ1) is 8.46. The molecule has 0 bridgehead atoms. The van der Waals surface area contributed by atoms with Crippen molar-refractivity contribution in [2.45, 2.75) is 31.6 Å². The van der Waals surface area contributed by atoms with Gasteiger partial charge in [-0.15, -0.1) is 0 Å². The normalized spacial score (nSPS) is 19.5. The van der Waals surface area contributed by atoms with E-state index in [-0.39, 0.29) is 42.7 Å². The van der Waals surface area contributed by atoms with Crippen molar-refractivity contribution < 1.29 is 13.6 Å². The molecule has 0 aliphatic heterocycles. The van der Waals surface area contributed by atoms with Crippen LogP contribution in [0, 0.1) is 5.92 Å². The van der Waals surface area contributed by atoms with E-state index in [9.17, 15) is 13.6 Å². The fourth-order valence-corrected chi connectivity index (χ4v) is 2.20. The molecule has 0 unspecified atom stereocenters. The molecular weight excluding hydrogens is 262 g/mol. The quantitative estimate of drug-likeness (QED) is 0.839. The van der Waals surface area contributed by atoms with Gasteiger partial charge in [0.25, 0.3) is 0 Å². The first-order valence-corrected chi connectivity index (χ1v) is 6.14. The average molecular weight is 275 g/mol. The predicted molar refractivity (Wildman–Crippen MR) is 64.8 cm³/mol. The summed E-state index contributed by atoms with van der Waals surface area (Å²) in [5.41, 5.74) is 0.539. The molecule has 2 rings (SSSR count). The first kappa shape index (κ1) is 13.2. The Morgan fingerprint density at radius 3 is 2.72 bits per heavy atom. The van der Waals surface area contributed by atoms with Gasteiger partial charge in [0.2, 0.25) is 11.8 Å². The molecule has 0 saturated heterocycles. The largest absolute Gasteiger partial charge is 0.326 e. The van der Waals surface area contributed by atoms with Gasteiger partial charge in [-0.1, -0.05) is 11.6 Å². The van der Waals surface area contributed by atoms with Gasteiger partial charge in [0.05, 0.1) is 0 Å². The van der Waals surface area contributed by atoms with Crippen molar-refractivity contribution in [3.63, 3.8) is 0 Å². The summed E-state index contributed by atoms with van der Waals surface area (Å²) < 4.78 is 25.9. The molecule has 18 heavy (non-hydrogen) atoms. The van der Waals surface area contributed by atoms with E-state index in [2.05, 4.69) is 10.3 Å². The van der Waals surface area contributed by atoms with Crippen LogP contribution in [0.25, 0.3) is 0 Å². The molecule has 98 valence electrons. The van der Waals surface area contributed by atoms with Crippen LogP contribution in [-0.2, 0) is 4.79 Å². The number of pyridine rings is 1. The Balaban J connectivity index is 1.93. The molecule has 1 heterocycles. The summed E-state index contributed by atoms with van der Waals surface area (Å²) in [6.07, 6.45) is 1.48. The van der Waals surface area contributed by atoms with Crippen LogP contribution in [0.3, 0.4) is 0 Å². The monoisotopic (exact) mass is 274 g/mol. The lowest BCUT2D eigenvalue weighted by atomic mass is 9.86. The van der Waals surface area contributed by atoms with Gasteiger partial charge < -0.3 is 5.32 Å². The van der Waals surface area contributed by atoms with Gasteiger partial charge in [0.1, 0.15) is 5.15 Å². The number of amides is 1.